The SMILES string of the molecule is C.C.CC(C)(C)N.C[C@@H]1CC[C@@H](N)C[C@H]1O.C[C@@H]1CC[C@@H](Nc2nc(Cl)ncc2C(N)=O)C[C@H]1O.C[C@@H]1CC[C@@H](Nc2nc(NC(C)(C)C)ncc2C(N)=O)C[C@H]1O.C[C@@H]1CC[C@@H](Nc2nc(NC(C)(C)C)ncc2C(N)=O)C[C@H]1O.Cl.NC(=O)c1cnc(Cl)nc1Cl.O=CO[O-].[H-].[K+].[K+]. The van der Waals surface area contributed by atoms with Gasteiger partial charge in [-0.05, 0) is 186 Å². The maximum atomic E-state index is 11.6. The van der Waals surface area contributed by atoms with Crippen molar-refractivity contribution in [1.29, 1.82) is 0 Å². The number of hydrogen-bond acceptors (Lipinski definition) is 26. The molecule has 554 valence electrons. The van der Waals surface area contributed by atoms with Gasteiger partial charge < -0.3 is 93.0 Å². The van der Waals surface area contributed by atoms with E-state index in [2.05, 4.69) is 78.3 Å². The van der Waals surface area contributed by atoms with Crippen LogP contribution in [0.4, 0.5) is 29.4 Å². The third-order valence-electron chi connectivity index (χ3n) is 14.8. The van der Waals surface area contributed by atoms with Crippen LogP contribution in [0.25, 0.3) is 0 Å². The van der Waals surface area contributed by atoms with Crippen molar-refractivity contribution in [3.63, 3.8) is 0 Å². The minimum absolute atomic E-state index is 0. The molecule has 0 spiro atoms. The van der Waals surface area contributed by atoms with Crippen molar-refractivity contribution >= 4 is 107 Å². The van der Waals surface area contributed by atoms with Gasteiger partial charge in [-0.25, -0.2) is 24.9 Å². The molecule has 21 N–H and O–H groups in total. The van der Waals surface area contributed by atoms with Gasteiger partial charge in [-0.15, -0.1) is 12.4 Å². The fraction of sp³-hybridized carbons (Fsp3) is 0.667. The molecular formula is C63H111Cl4K2N19O11. The smallest absolute Gasteiger partial charge is 1.00 e. The Morgan fingerprint density at radius 3 is 1.03 bits per heavy atom. The number of anilines is 5. The molecule has 0 radical (unpaired) electrons. The molecule has 99 heavy (non-hydrogen) atoms. The van der Waals surface area contributed by atoms with Gasteiger partial charge in [0.15, 0.2) is 0 Å². The van der Waals surface area contributed by atoms with Crippen LogP contribution in [0.3, 0.4) is 0 Å². The second-order valence-electron chi connectivity index (χ2n) is 27.1. The fourth-order valence-electron chi connectivity index (χ4n) is 9.49. The van der Waals surface area contributed by atoms with Crippen molar-refractivity contribution in [3.8, 4) is 0 Å². The number of aliphatic hydroxyl groups excluding tert-OH is 4. The van der Waals surface area contributed by atoms with E-state index in [1.54, 1.807) is 0 Å². The molecule has 0 saturated heterocycles. The van der Waals surface area contributed by atoms with Gasteiger partial charge in [0, 0.05) is 65.6 Å². The Labute approximate surface area is 692 Å². The summed E-state index contributed by atoms with van der Waals surface area (Å²) in [5.41, 5.74) is 32.4. The second kappa shape index (κ2) is 49.5. The number of primary amides is 4. The Morgan fingerprint density at radius 2 is 0.778 bits per heavy atom. The molecular weight excluding hydrogens is 1420 g/mol. The van der Waals surface area contributed by atoms with Crippen LogP contribution in [-0.2, 0) is 9.68 Å². The number of nitrogens with zero attached hydrogens (tertiary/aromatic N) is 8. The maximum absolute atomic E-state index is 11.6. The number of carbonyl (C=O) groups is 5. The summed E-state index contributed by atoms with van der Waals surface area (Å²) in [5, 5.41) is 63.6. The van der Waals surface area contributed by atoms with Crippen LogP contribution in [0.2, 0.25) is 15.7 Å². The van der Waals surface area contributed by atoms with Gasteiger partial charge in [-0.2, -0.15) is 15.0 Å². The number of rotatable bonds is 13. The quantitative estimate of drug-likeness (QED) is 0.0222. The van der Waals surface area contributed by atoms with Crippen LogP contribution in [0.15, 0.2) is 24.8 Å². The molecule has 30 nitrogen and oxygen atoms in total. The predicted octanol–water partition coefficient (Wildman–Crippen LogP) is 1.05. The van der Waals surface area contributed by atoms with Gasteiger partial charge in [0.05, 0.1) is 46.7 Å². The van der Waals surface area contributed by atoms with Crippen LogP contribution in [-0.4, -0.2) is 156 Å². The first-order valence-corrected chi connectivity index (χ1v) is 32.1. The number of carbonyl (C=O) groups excluding carboxylic acids is 5. The molecule has 0 aromatic carbocycles. The third kappa shape index (κ3) is 41.8. The van der Waals surface area contributed by atoms with E-state index >= 15 is 0 Å². The number of halogens is 4. The Bertz CT molecular complexity index is 2950. The van der Waals surface area contributed by atoms with Crippen molar-refractivity contribution in [2.75, 3.05) is 26.6 Å². The standard InChI is InChI=1S/2C16H27N5O2.C12H17ClN4O2.C7H15NO.C5H3Cl2N3O.C4H11N.CH2O3.2CH4.ClH.2K.H/c2*1-9-5-6-10(7-12(9)22)19-14-11(13(17)23)8-18-15(20-14)21-16(2,3)4;1-6-2-3-7(4-9(6)18)16-11-8(10(14)19)5-15-12(13)17-11;1-5-2-3-6(8)4-7(5)9;6-3-2(4(8)11)1-9-5(7)10-3;1-4(2,3)5;2-1-4-3;;;;;;/h2*8-10,12,22H,5-7H2,1-4H3,(H2,17,23)(H2,18,19,20,21);5-7,9,18H,2-4H2,1H3,(H2,14,19)(H,15,16,17);5-7,9H,2-4,8H2,1H3;1H,(H2,8,11);5H2,1-3H3;1,3H;2*1H4;1H;;;/q;;;;;;;;;;2*+1;-1/p-1/t2*9-,10-,12-;6-,7-,9-;5-,6-,7-;;;;;;;;;/m1111........./s1. The van der Waals surface area contributed by atoms with Gasteiger partial charge in [0.25, 0.3) is 30.1 Å². The van der Waals surface area contributed by atoms with E-state index in [9.17, 15) is 39.6 Å². The largest absolute Gasteiger partial charge is 1.00 e. The summed E-state index contributed by atoms with van der Waals surface area (Å²) in [6, 6.07) is 0.430. The first-order valence-electron chi connectivity index (χ1n) is 31.0. The molecule has 4 aromatic rings. The van der Waals surface area contributed by atoms with E-state index in [4.69, 9.17) is 79.3 Å². The summed E-state index contributed by atoms with van der Waals surface area (Å²) >= 11 is 16.6. The first kappa shape index (κ1) is 102. The van der Waals surface area contributed by atoms with Crippen molar-refractivity contribution in [2.45, 2.75) is 247 Å². The minimum Gasteiger partial charge on any atom is -1.00 e. The van der Waals surface area contributed by atoms with Crippen LogP contribution >= 0.6 is 47.2 Å². The van der Waals surface area contributed by atoms with Crippen LogP contribution in [0, 0.1) is 23.7 Å². The Kier molecular flexibility index (Phi) is 51.1. The van der Waals surface area contributed by atoms with Gasteiger partial charge in [-0.1, -0.05) is 54.1 Å². The molecule has 8 rings (SSSR count). The number of aromatic nitrogens is 8. The van der Waals surface area contributed by atoms with Crippen molar-refractivity contribution in [2.24, 2.45) is 58.1 Å². The van der Waals surface area contributed by atoms with Gasteiger partial charge in [0.1, 0.15) is 22.6 Å². The summed E-state index contributed by atoms with van der Waals surface area (Å²) in [7, 11) is 0. The predicted molar refractivity (Wildman–Crippen MR) is 383 cm³/mol. The van der Waals surface area contributed by atoms with E-state index in [-0.39, 0.29) is 241 Å². The normalized spacial score (nSPS) is 22.8. The molecule has 0 bridgehead atoms. The fourth-order valence-corrected chi connectivity index (χ4v) is 10.0. The van der Waals surface area contributed by atoms with Crippen LogP contribution < -0.4 is 169 Å². The van der Waals surface area contributed by atoms with Gasteiger partial charge in [0.2, 0.25) is 22.5 Å². The average molecular weight is 1530 g/mol. The maximum Gasteiger partial charge on any atom is 1.00 e. The molecule has 4 amide bonds. The third-order valence-corrected chi connectivity index (χ3v) is 15.5. The Morgan fingerprint density at radius 1 is 0.515 bits per heavy atom. The van der Waals surface area contributed by atoms with Crippen LogP contribution in [0.5, 0.6) is 0 Å². The number of amides is 4. The first-order chi connectivity index (χ1) is 43.5. The molecule has 4 saturated carbocycles. The van der Waals surface area contributed by atoms with E-state index in [0.29, 0.717) is 72.3 Å². The molecule has 4 aromatic heterocycles. The topological polar surface area (TPSA) is 518 Å². The molecule has 12 atom stereocenters. The average Bonchev–Trinajstić information content (AvgIpc) is 0.835. The number of nitrogens with one attached hydrogen (secondary N) is 5. The van der Waals surface area contributed by atoms with E-state index in [1.165, 1.54) is 24.8 Å². The molecule has 4 aliphatic rings. The zero-order valence-electron chi connectivity index (χ0n) is 59.5. The van der Waals surface area contributed by atoms with Crippen molar-refractivity contribution in [3.05, 3.63) is 62.8 Å². The second-order valence-corrected chi connectivity index (χ2v) is 28.2. The van der Waals surface area contributed by atoms with Crippen LogP contribution in [0.1, 0.15) is 225 Å². The molecule has 0 aliphatic heterocycles. The summed E-state index contributed by atoms with van der Waals surface area (Å²) in [6.07, 6.45) is 14.6. The van der Waals surface area contributed by atoms with Gasteiger partial charge in [-0.3, -0.25) is 24.0 Å². The van der Waals surface area contributed by atoms with E-state index < -0.39 is 23.6 Å². The zero-order chi connectivity index (χ0) is 71.6. The molecule has 4 heterocycles. The molecule has 36 heteroatoms. The number of nitrogens with two attached hydrogens (primary N) is 6. The molecule has 0 unspecified atom stereocenters. The minimum atomic E-state index is -0.674. The van der Waals surface area contributed by atoms with Crippen molar-refractivity contribution in [1.82, 2.24) is 39.9 Å². The summed E-state index contributed by atoms with van der Waals surface area (Å²) in [4.78, 5) is 88.2. The van der Waals surface area contributed by atoms with E-state index in [0.717, 1.165) is 57.8 Å². The Balaban J connectivity index is -0.000000369. The Hall–Kier alpha value is -3.18. The van der Waals surface area contributed by atoms with E-state index in [1.807, 2.05) is 83.1 Å². The monoisotopic (exact) mass is 1530 g/mol. The van der Waals surface area contributed by atoms with Crippen molar-refractivity contribution < 1.29 is 159 Å². The number of aliphatic hydroxyl groups is 4. The summed E-state index contributed by atoms with van der Waals surface area (Å²) < 4.78 is 0. The summed E-state index contributed by atoms with van der Waals surface area (Å²) in [5.74, 6) is 0.988. The van der Waals surface area contributed by atoms with Gasteiger partial charge >= 0.3 is 103 Å². The molecule has 4 aliphatic carbocycles. The molecule has 4 fully saturated rings. The zero-order valence-corrected chi connectivity index (χ0v) is 67.9. The number of hydrogen-bond donors (Lipinski definition) is 15. The summed E-state index contributed by atoms with van der Waals surface area (Å²) in [6.45, 7) is 25.9.